The molecule has 0 saturated carbocycles. The Labute approximate surface area is 131 Å². The highest BCUT2D eigenvalue weighted by atomic mass is 16.5. The lowest BCUT2D eigenvalue weighted by Gasteiger charge is -2.35. The Morgan fingerprint density at radius 2 is 1.36 bits per heavy atom. The molecule has 22 heavy (non-hydrogen) atoms. The summed E-state index contributed by atoms with van der Waals surface area (Å²) in [4.78, 5) is 0. The number of rotatable bonds is 1. The molecule has 4 rings (SSSR count). The van der Waals surface area contributed by atoms with Gasteiger partial charge in [0.1, 0.15) is 11.4 Å². The van der Waals surface area contributed by atoms with E-state index in [1.165, 1.54) is 27.8 Å². The summed E-state index contributed by atoms with van der Waals surface area (Å²) in [7, 11) is 0. The summed E-state index contributed by atoms with van der Waals surface area (Å²) in [6.07, 6.45) is 0. The smallest absolute Gasteiger partial charge is 0.129 e. The average molecular weight is 286 g/mol. The fourth-order valence-electron chi connectivity index (χ4n) is 3.31. The van der Waals surface area contributed by atoms with Crippen molar-refractivity contribution in [2.45, 2.75) is 19.4 Å². The lowest BCUT2D eigenvalue weighted by atomic mass is 9.83. The third-order valence-electron chi connectivity index (χ3n) is 4.32. The molecule has 0 bridgehead atoms. The van der Waals surface area contributed by atoms with Gasteiger partial charge >= 0.3 is 0 Å². The van der Waals surface area contributed by atoms with Crippen LogP contribution in [0.25, 0.3) is 22.3 Å². The van der Waals surface area contributed by atoms with Gasteiger partial charge < -0.3 is 4.74 Å². The molecule has 0 amide bonds. The van der Waals surface area contributed by atoms with Gasteiger partial charge in [0, 0.05) is 11.1 Å². The summed E-state index contributed by atoms with van der Waals surface area (Å²) in [5, 5.41) is 0. The SMILES string of the molecule is CC1(C)Oc2cccc(-c3ccccc3)c2-c2ccccc21. The molecular formula is C21H18O. The number of ether oxygens (including phenoxy) is 1. The molecule has 0 N–H and O–H groups in total. The van der Waals surface area contributed by atoms with Gasteiger partial charge in [-0.3, -0.25) is 0 Å². The molecular weight excluding hydrogens is 268 g/mol. The van der Waals surface area contributed by atoms with Crippen LogP contribution in [0.3, 0.4) is 0 Å². The maximum absolute atomic E-state index is 6.31. The minimum absolute atomic E-state index is 0.307. The van der Waals surface area contributed by atoms with Crippen LogP contribution in [0.5, 0.6) is 5.75 Å². The minimum Gasteiger partial charge on any atom is -0.482 e. The molecule has 0 radical (unpaired) electrons. The lowest BCUT2D eigenvalue weighted by molar-refractivity contribution is 0.106. The van der Waals surface area contributed by atoms with Crippen LogP contribution < -0.4 is 4.74 Å². The van der Waals surface area contributed by atoms with E-state index >= 15 is 0 Å². The van der Waals surface area contributed by atoms with Gasteiger partial charge in [-0.05, 0) is 36.6 Å². The minimum atomic E-state index is -0.307. The van der Waals surface area contributed by atoms with E-state index in [9.17, 15) is 0 Å². The fourth-order valence-corrected chi connectivity index (χ4v) is 3.31. The average Bonchev–Trinajstić information content (AvgIpc) is 2.55. The lowest BCUT2D eigenvalue weighted by Crippen LogP contribution is -2.29. The normalized spacial score (nSPS) is 14.6. The molecule has 1 heteroatoms. The van der Waals surface area contributed by atoms with Crippen LogP contribution in [-0.2, 0) is 5.60 Å². The molecule has 3 aromatic rings. The van der Waals surface area contributed by atoms with E-state index < -0.39 is 0 Å². The van der Waals surface area contributed by atoms with Gasteiger partial charge in [0.05, 0.1) is 0 Å². The van der Waals surface area contributed by atoms with Gasteiger partial charge in [-0.1, -0.05) is 66.7 Å². The summed E-state index contributed by atoms with van der Waals surface area (Å²) in [5.41, 5.74) is 5.85. The predicted molar refractivity (Wildman–Crippen MR) is 91.0 cm³/mol. The van der Waals surface area contributed by atoms with Crippen molar-refractivity contribution in [3.8, 4) is 28.0 Å². The summed E-state index contributed by atoms with van der Waals surface area (Å²) < 4.78 is 6.31. The number of hydrogen-bond acceptors (Lipinski definition) is 1. The van der Waals surface area contributed by atoms with Crippen molar-refractivity contribution in [2.75, 3.05) is 0 Å². The summed E-state index contributed by atoms with van der Waals surface area (Å²) in [6.45, 7) is 4.26. The standard InChI is InChI=1S/C21H18O/c1-21(2)18-13-7-6-11-17(18)20-16(12-8-14-19(20)22-21)15-9-4-3-5-10-15/h3-14H,1-2H3. The highest BCUT2D eigenvalue weighted by molar-refractivity contribution is 5.90. The van der Waals surface area contributed by atoms with Crippen molar-refractivity contribution in [1.29, 1.82) is 0 Å². The van der Waals surface area contributed by atoms with E-state index in [1.54, 1.807) is 0 Å². The van der Waals surface area contributed by atoms with Crippen molar-refractivity contribution in [2.24, 2.45) is 0 Å². The van der Waals surface area contributed by atoms with E-state index in [0.717, 1.165) is 5.75 Å². The first-order valence-corrected chi connectivity index (χ1v) is 7.64. The Morgan fingerprint density at radius 1 is 0.682 bits per heavy atom. The quantitative estimate of drug-likeness (QED) is 0.562. The van der Waals surface area contributed by atoms with Crippen LogP contribution in [-0.4, -0.2) is 0 Å². The van der Waals surface area contributed by atoms with Crippen LogP contribution in [0.1, 0.15) is 19.4 Å². The summed E-state index contributed by atoms with van der Waals surface area (Å²) in [5.74, 6) is 0.963. The van der Waals surface area contributed by atoms with E-state index in [4.69, 9.17) is 4.74 Å². The topological polar surface area (TPSA) is 9.23 Å². The zero-order valence-corrected chi connectivity index (χ0v) is 12.8. The molecule has 0 aromatic heterocycles. The molecule has 3 aromatic carbocycles. The third kappa shape index (κ3) is 1.93. The zero-order chi connectivity index (χ0) is 15.2. The molecule has 0 saturated heterocycles. The first-order valence-electron chi connectivity index (χ1n) is 7.64. The predicted octanol–water partition coefficient (Wildman–Crippen LogP) is 5.65. The largest absolute Gasteiger partial charge is 0.482 e. The van der Waals surface area contributed by atoms with E-state index in [-0.39, 0.29) is 5.60 Å². The van der Waals surface area contributed by atoms with Crippen molar-refractivity contribution in [3.63, 3.8) is 0 Å². The highest BCUT2D eigenvalue weighted by Gasteiger charge is 2.33. The van der Waals surface area contributed by atoms with Gasteiger partial charge in [0.15, 0.2) is 0 Å². The summed E-state index contributed by atoms with van der Waals surface area (Å²) >= 11 is 0. The van der Waals surface area contributed by atoms with Gasteiger partial charge in [-0.2, -0.15) is 0 Å². The highest BCUT2D eigenvalue weighted by Crippen LogP contribution is 2.48. The number of benzene rings is 3. The molecule has 1 aliphatic heterocycles. The molecule has 0 atom stereocenters. The Balaban J connectivity index is 2.04. The molecule has 0 unspecified atom stereocenters. The molecule has 0 fully saturated rings. The first-order chi connectivity index (χ1) is 10.7. The maximum Gasteiger partial charge on any atom is 0.129 e. The second-order valence-electron chi connectivity index (χ2n) is 6.20. The van der Waals surface area contributed by atoms with Gasteiger partial charge in [0.25, 0.3) is 0 Å². The van der Waals surface area contributed by atoms with Gasteiger partial charge in [-0.15, -0.1) is 0 Å². The second-order valence-corrected chi connectivity index (χ2v) is 6.20. The van der Waals surface area contributed by atoms with Crippen LogP contribution in [0.4, 0.5) is 0 Å². The maximum atomic E-state index is 6.31. The van der Waals surface area contributed by atoms with E-state index in [2.05, 4.69) is 80.6 Å². The van der Waals surface area contributed by atoms with Crippen molar-refractivity contribution < 1.29 is 4.74 Å². The van der Waals surface area contributed by atoms with Gasteiger partial charge in [-0.25, -0.2) is 0 Å². The Hall–Kier alpha value is -2.54. The fraction of sp³-hybridized carbons (Fsp3) is 0.143. The summed E-state index contributed by atoms with van der Waals surface area (Å²) in [6, 6.07) is 25.4. The van der Waals surface area contributed by atoms with Crippen molar-refractivity contribution >= 4 is 0 Å². The monoisotopic (exact) mass is 286 g/mol. The Kier molecular flexibility index (Phi) is 2.83. The second kappa shape index (κ2) is 4.74. The van der Waals surface area contributed by atoms with E-state index in [0.29, 0.717) is 0 Å². The first kappa shape index (κ1) is 13.1. The Bertz CT molecular complexity index is 832. The van der Waals surface area contributed by atoms with Crippen LogP contribution >= 0.6 is 0 Å². The zero-order valence-electron chi connectivity index (χ0n) is 12.8. The molecule has 1 nitrogen and oxygen atoms in total. The van der Waals surface area contributed by atoms with Crippen LogP contribution in [0.15, 0.2) is 72.8 Å². The number of fused-ring (bicyclic) bond motifs is 3. The molecule has 0 spiro atoms. The van der Waals surface area contributed by atoms with Crippen LogP contribution in [0.2, 0.25) is 0 Å². The van der Waals surface area contributed by atoms with E-state index in [1.807, 2.05) is 6.07 Å². The molecule has 0 aliphatic carbocycles. The van der Waals surface area contributed by atoms with Crippen molar-refractivity contribution in [3.05, 3.63) is 78.4 Å². The van der Waals surface area contributed by atoms with Crippen LogP contribution in [0, 0.1) is 0 Å². The Morgan fingerprint density at radius 3 is 2.18 bits per heavy atom. The number of hydrogen-bond donors (Lipinski definition) is 0. The third-order valence-corrected chi connectivity index (χ3v) is 4.32. The molecule has 1 aliphatic rings. The van der Waals surface area contributed by atoms with Crippen molar-refractivity contribution in [1.82, 2.24) is 0 Å². The molecule has 1 heterocycles. The molecule has 108 valence electrons. The van der Waals surface area contributed by atoms with Gasteiger partial charge in [0.2, 0.25) is 0 Å².